The largest absolute Gasteiger partial charge is 0.496 e. The quantitative estimate of drug-likeness (QED) is 0.895. The van der Waals surface area contributed by atoms with Crippen molar-refractivity contribution in [3.05, 3.63) is 64.7 Å². The summed E-state index contributed by atoms with van der Waals surface area (Å²) in [6, 6.07) is 14.2. The van der Waals surface area contributed by atoms with Gasteiger partial charge in [0.25, 0.3) is 11.8 Å². The molecule has 1 saturated heterocycles. The van der Waals surface area contributed by atoms with E-state index in [1.807, 2.05) is 12.1 Å². The van der Waals surface area contributed by atoms with Crippen molar-refractivity contribution >= 4 is 23.4 Å². The Labute approximate surface area is 157 Å². The fourth-order valence-electron chi connectivity index (χ4n) is 3.13. The second-order valence-corrected chi connectivity index (χ2v) is 6.69. The van der Waals surface area contributed by atoms with E-state index in [0.29, 0.717) is 47.8 Å². The molecule has 0 unspecified atom stereocenters. The van der Waals surface area contributed by atoms with E-state index in [1.54, 1.807) is 48.4 Å². The van der Waals surface area contributed by atoms with Crippen LogP contribution in [0.25, 0.3) is 0 Å². The van der Waals surface area contributed by atoms with Crippen molar-refractivity contribution in [3.8, 4) is 5.75 Å². The molecule has 0 spiro atoms. The fourth-order valence-corrected chi connectivity index (χ4v) is 3.32. The Morgan fingerprint density at radius 1 is 1.12 bits per heavy atom. The summed E-state index contributed by atoms with van der Waals surface area (Å²) in [4.78, 5) is 26.8. The van der Waals surface area contributed by atoms with E-state index in [1.165, 1.54) is 0 Å². The number of hydrogen-bond acceptors (Lipinski definition) is 3. The average Bonchev–Trinajstić information content (AvgIpc) is 2.68. The zero-order valence-corrected chi connectivity index (χ0v) is 15.3. The topological polar surface area (TPSA) is 58.6 Å². The average molecular weight is 373 g/mol. The molecule has 0 aromatic heterocycles. The van der Waals surface area contributed by atoms with Crippen LogP contribution >= 0.6 is 11.6 Å². The molecule has 0 bridgehead atoms. The first-order chi connectivity index (χ1) is 12.6. The maximum absolute atomic E-state index is 12.5. The molecule has 26 heavy (non-hydrogen) atoms. The van der Waals surface area contributed by atoms with E-state index < -0.39 is 0 Å². The number of amides is 2. The van der Waals surface area contributed by atoms with Gasteiger partial charge in [-0.3, -0.25) is 9.59 Å². The molecular formula is C20H21ClN2O3. The highest BCUT2D eigenvalue weighted by molar-refractivity contribution is 6.30. The van der Waals surface area contributed by atoms with Gasteiger partial charge in [0.1, 0.15) is 5.75 Å². The number of nitrogens with one attached hydrogen (secondary N) is 1. The van der Waals surface area contributed by atoms with Gasteiger partial charge >= 0.3 is 0 Å². The van der Waals surface area contributed by atoms with Gasteiger partial charge in [-0.1, -0.05) is 29.8 Å². The lowest BCUT2D eigenvalue weighted by Gasteiger charge is -2.32. The number of carbonyl (C=O) groups excluding carboxylic acids is 2. The van der Waals surface area contributed by atoms with E-state index in [-0.39, 0.29) is 17.9 Å². The second-order valence-electron chi connectivity index (χ2n) is 6.25. The first-order valence-corrected chi connectivity index (χ1v) is 8.95. The summed E-state index contributed by atoms with van der Waals surface area (Å²) >= 11 is 5.96. The van der Waals surface area contributed by atoms with Gasteiger partial charge in [-0.05, 0) is 43.2 Å². The number of hydrogen-bond donors (Lipinski definition) is 1. The Hall–Kier alpha value is -2.53. The molecule has 1 aliphatic heterocycles. The normalized spacial score (nSPS) is 14.8. The van der Waals surface area contributed by atoms with Gasteiger partial charge in [-0.25, -0.2) is 0 Å². The third-order valence-electron chi connectivity index (χ3n) is 4.54. The minimum atomic E-state index is -0.151. The molecule has 2 amide bonds. The van der Waals surface area contributed by atoms with Crippen LogP contribution in [-0.4, -0.2) is 43.0 Å². The molecular weight excluding hydrogens is 352 g/mol. The Kier molecular flexibility index (Phi) is 5.78. The standard InChI is InChI=1S/C20H21ClN2O3/c1-26-18-8-3-2-7-17(18)19(24)22-16-9-11-23(12-10-16)20(25)14-5-4-6-15(21)13-14/h2-8,13,16H,9-12H2,1H3,(H,22,24). The summed E-state index contributed by atoms with van der Waals surface area (Å²) in [6.45, 7) is 1.20. The van der Waals surface area contributed by atoms with Crippen LogP contribution in [0.15, 0.2) is 48.5 Å². The molecule has 0 atom stereocenters. The smallest absolute Gasteiger partial charge is 0.255 e. The van der Waals surface area contributed by atoms with Crippen molar-refractivity contribution < 1.29 is 14.3 Å². The highest BCUT2D eigenvalue weighted by Crippen LogP contribution is 2.20. The van der Waals surface area contributed by atoms with Crippen molar-refractivity contribution in [3.63, 3.8) is 0 Å². The highest BCUT2D eigenvalue weighted by atomic mass is 35.5. The summed E-state index contributed by atoms with van der Waals surface area (Å²) < 4.78 is 5.24. The van der Waals surface area contributed by atoms with Crippen LogP contribution in [0.3, 0.4) is 0 Å². The van der Waals surface area contributed by atoms with E-state index in [4.69, 9.17) is 16.3 Å². The maximum atomic E-state index is 12.5. The Bertz CT molecular complexity index is 801. The molecule has 2 aromatic rings. The zero-order valence-electron chi connectivity index (χ0n) is 14.6. The number of methoxy groups -OCH3 is 1. The van der Waals surface area contributed by atoms with Gasteiger partial charge in [0.05, 0.1) is 12.7 Å². The number of carbonyl (C=O) groups is 2. The van der Waals surface area contributed by atoms with Crippen LogP contribution in [-0.2, 0) is 0 Å². The lowest BCUT2D eigenvalue weighted by molar-refractivity contribution is 0.0698. The van der Waals surface area contributed by atoms with Gasteiger partial charge in [0.2, 0.25) is 0 Å². The number of para-hydroxylation sites is 1. The number of ether oxygens (including phenoxy) is 1. The summed E-state index contributed by atoms with van der Waals surface area (Å²) in [7, 11) is 1.55. The number of benzene rings is 2. The number of halogens is 1. The minimum Gasteiger partial charge on any atom is -0.496 e. The molecule has 136 valence electrons. The number of piperidine rings is 1. The van der Waals surface area contributed by atoms with Gasteiger partial charge in [0.15, 0.2) is 0 Å². The highest BCUT2D eigenvalue weighted by Gasteiger charge is 2.25. The molecule has 1 aliphatic rings. The fraction of sp³-hybridized carbons (Fsp3) is 0.300. The third-order valence-corrected chi connectivity index (χ3v) is 4.78. The summed E-state index contributed by atoms with van der Waals surface area (Å²) in [6.07, 6.45) is 1.43. The van der Waals surface area contributed by atoms with Crippen molar-refractivity contribution in [2.75, 3.05) is 20.2 Å². The van der Waals surface area contributed by atoms with E-state index in [0.717, 1.165) is 0 Å². The van der Waals surface area contributed by atoms with Gasteiger partial charge < -0.3 is 15.0 Å². The lowest BCUT2D eigenvalue weighted by Crippen LogP contribution is -2.46. The van der Waals surface area contributed by atoms with Gasteiger partial charge in [-0.15, -0.1) is 0 Å². The van der Waals surface area contributed by atoms with Crippen LogP contribution in [0, 0.1) is 0 Å². The summed E-state index contributed by atoms with van der Waals surface area (Å²) in [5.74, 6) is 0.377. The first kappa shape index (κ1) is 18.3. The van der Waals surface area contributed by atoms with E-state index in [2.05, 4.69) is 5.32 Å². The predicted molar refractivity (Wildman–Crippen MR) is 101 cm³/mol. The van der Waals surface area contributed by atoms with E-state index in [9.17, 15) is 9.59 Å². The van der Waals surface area contributed by atoms with Crippen molar-refractivity contribution in [2.45, 2.75) is 18.9 Å². The molecule has 1 N–H and O–H groups in total. The summed E-state index contributed by atoms with van der Waals surface area (Å²) in [5.41, 5.74) is 1.11. The van der Waals surface area contributed by atoms with Crippen LogP contribution < -0.4 is 10.1 Å². The molecule has 1 heterocycles. The van der Waals surface area contributed by atoms with Crippen molar-refractivity contribution in [1.82, 2.24) is 10.2 Å². The summed E-state index contributed by atoms with van der Waals surface area (Å²) in [5, 5.41) is 3.59. The van der Waals surface area contributed by atoms with Crippen LogP contribution in [0.5, 0.6) is 5.75 Å². The Morgan fingerprint density at radius 2 is 1.85 bits per heavy atom. The number of likely N-dealkylation sites (tertiary alicyclic amines) is 1. The third kappa shape index (κ3) is 4.17. The SMILES string of the molecule is COc1ccccc1C(=O)NC1CCN(C(=O)c2cccc(Cl)c2)CC1. The molecule has 0 radical (unpaired) electrons. The molecule has 2 aromatic carbocycles. The van der Waals surface area contributed by atoms with Crippen LogP contribution in [0.1, 0.15) is 33.6 Å². The van der Waals surface area contributed by atoms with Crippen LogP contribution in [0.2, 0.25) is 5.02 Å². The maximum Gasteiger partial charge on any atom is 0.255 e. The Morgan fingerprint density at radius 3 is 2.54 bits per heavy atom. The number of rotatable bonds is 4. The molecule has 0 saturated carbocycles. The van der Waals surface area contributed by atoms with E-state index >= 15 is 0 Å². The van der Waals surface area contributed by atoms with Gasteiger partial charge in [0, 0.05) is 29.7 Å². The lowest BCUT2D eigenvalue weighted by atomic mass is 10.0. The number of nitrogens with zero attached hydrogens (tertiary/aromatic N) is 1. The first-order valence-electron chi connectivity index (χ1n) is 8.57. The monoisotopic (exact) mass is 372 g/mol. The van der Waals surface area contributed by atoms with Crippen molar-refractivity contribution in [1.29, 1.82) is 0 Å². The Balaban J connectivity index is 1.57. The van der Waals surface area contributed by atoms with Crippen LogP contribution in [0.4, 0.5) is 0 Å². The zero-order chi connectivity index (χ0) is 18.5. The van der Waals surface area contributed by atoms with Gasteiger partial charge in [-0.2, -0.15) is 0 Å². The molecule has 1 fully saturated rings. The molecule has 5 nitrogen and oxygen atoms in total. The molecule has 6 heteroatoms. The second kappa shape index (κ2) is 8.23. The molecule has 0 aliphatic carbocycles. The predicted octanol–water partition coefficient (Wildman–Crippen LogP) is 3.38. The molecule has 3 rings (SSSR count). The van der Waals surface area contributed by atoms with Crippen molar-refractivity contribution in [2.24, 2.45) is 0 Å². The minimum absolute atomic E-state index is 0.0259.